The first-order valence-corrected chi connectivity index (χ1v) is 6.94. The average molecular weight is 321 g/mol. The van der Waals surface area contributed by atoms with Gasteiger partial charge in [0.15, 0.2) is 0 Å². The van der Waals surface area contributed by atoms with Gasteiger partial charge < -0.3 is 15.8 Å². The standard InChI is InChI=1S/C15H17BrN2O/c1-3-19-14-8-12(17)7-13(9-14)18-15-5-4-11(16)6-10(15)2/h4-9,18H,3,17H2,1-2H3. The Labute approximate surface area is 121 Å². The Morgan fingerprint density at radius 3 is 2.68 bits per heavy atom. The van der Waals surface area contributed by atoms with Crippen LogP contribution in [0.2, 0.25) is 0 Å². The van der Waals surface area contributed by atoms with Crippen LogP contribution in [-0.2, 0) is 0 Å². The Balaban J connectivity index is 2.27. The summed E-state index contributed by atoms with van der Waals surface area (Å²) in [5.41, 5.74) is 9.70. The fourth-order valence-corrected chi connectivity index (χ4v) is 2.34. The van der Waals surface area contributed by atoms with Crippen LogP contribution in [0.3, 0.4) is 0 Å². The molecule has 0 radical (unpaired) electrons. The maximum absolute atomic E-state index is 5.88. The first kappa shape index (κ1) is 13.7. The molecule has 0 fully saturated rings. The van der Waals surface area contributed by atoms with Crippen LogP contribution < -0.4 is 15.8 Å². The third-order valence-corrected chi connectivity index (χ3v) is 3.20. The van der Waals surface area contributed by atoms with E-state index >= 15 is 0 Å². The van der Waals surface area contributed by atoms with Gasteiger partial charge in [0.25, 0.3) is 0 Å². The Kier molecular flexibility index (Phi) is 4.32. The van der Waals surface area contributed by atoms with E-state index in [1.54, 1.807) is 0 Å². The normalized spacial score (nSPS) is 10.3. The molecule has 0 heterocycles. The molecule has 0 unspecified atom stereocenters. The largest absolute Gasteiger partial charge is 0.494 e. The molecular weight excluding hydrogens is 304 g/mol. The lowest BCUT2D eigenvalue weighted by Gasteiger charge is -2.12. The van der Waals surface area contributed by atoms with Gasteiger partial charge in [0.05, 0.1) is 6.61 Å². The molecule has 0 aromatic heterocycles. The van der Waals surface area contributed by atoms with Gasteiger partial charge in [-0.1, -0.05) is 15.9 Å². The molecule has 3 nitrogen and oxygen atoms in total. The number of hydrogen-bond acceptors (Lipinski definition) is 3. The summed E-state index contributed by atoms with van der Waals surface area (Å²) < 4.78 is 6.55. The van der Waals surface area contributed by atoms with Crippen molar-refractivity contribution in [1.29, 1.82) is 0 Å². The molecule has 3 N–H and O–H groups in total. The van der Waals surface area contributed by atoms with E-state index in [-0.39, 0.29) is 0 Å². The first-order chi connectivity index (χ1) is 9.08. The van der Waals surface area contributed by atoms with Crippen LogP contribution in [-0.4, -0.2) is 6.61 Å². The van der Waals surface area contributed by atoms with Gasteiger partial charge >= 0.3 is 0 Å². The summed E-state index contributed by atoms with van der Waals surface area (Å²) in [5, 5.41) is 3.36. The summed E-state index contributed by atoms with van der Waals surface area (Å²) in [7, 11) is 0. The van der Waals surface area contributed by atoms with E-state index in [0.29, 0.717) is 12.3 Å². The third kappa shape index (κ3) is 3.64. The summed E-state index contributed by atoms with van der Waals surface area (Å²) in [4.78, 5) is 0. The zero-order valence-corrected chi connectivity index (χ0v) is 12.6. The number of nitrogens with two attached hydrogens (primary N) is 1. The van der Waals surface area contributed by atoms with E-state index in [4.69, 9.17) is 10.5 Å². The SMILES string of the molecule is CCOc1cc(N)cc(Nc2ccc(Br)cc2C)c1. The molecule has 0 aliphatic rings. The molecular formula is C15H17BrN2O. The Morgan fingerprint density at radius 2 is 2.00 bits per heavy atom. The van der Waals surface area contributed by atoms with Crippen LogP contribution in [0.4, 0.5) is 17.1 Å². The van der Waals surface area contributed by atoms with E-state index in [9.17, 15) is 0 Å². The van der Waals surface area contributed by atoms with Crippen LogP contribution in [0.15, 0.2) is 40.9 Å². The highest BCUT2D eigenvalue weighted by atomic mass is 79.9. The summed E-state index contributed by atoms with van der Waals surface area (Å²) >= 11 is 3.46. The van der Waals surface area contributed by atoms with Crippen molar-refractivity contribution in [3.05, 3.63) is 46.4 Å². The van der Waals surface area contributed by atoms with Crippen molar-refractivity contribution in [2.75, 3.05) is 17.7 Å². The molecule has 0 aliphatic heterocycles. The van der Waals surface area contributed by atoms with Crippen molar-refractivity contribution >= 4 is 33.0 Å². The number of ether oxygens (including phenoxy) is 1. The maximum atomic E-state index is 5.88. The molecule has 0 atom stereocenters. The molecule has 0 amide bonds. The van der Waals surface area contributed by atoms with Crippen LogP contribution in [0.5, 0.6) is 5.75 Å². The molecule has 0 saturated carbocycles. The molecule has 4 heteroatoms. The van der Waals surface area contributed by atoms with Gasteiger partial charge in [-0.05, 0) is 43.7 Å². The number of rotatable bonds is 4. The molecule has 2 aromatic carbocycles. The van der Waals surface area contributed by atoms with Gasteiger partial charge in [-0.3, -0.25) is 0 Å². The van der Waals surface area contributed by atoms with E-state index in [1.165, 1.54) is 0 Å². The van der Waals surface area contributed by atoms with E-state index in [0.717, 1.165) is 27.2 Å². The van der Waals surface area contributed by atoms with Crippen molar-refractivity contribution in [2.45, 2.75) is 13.8 Å². The highest BCUT2D eigenvalue weighted by molar-refractivity contribution is 9.10. The van der Waals surface area contributed by atoms with Gasteiger partial charge in [0.1, 0.15) is 5.75 Å². The number of aryl methyl sites for hydroxylation is 1. The predicted octanol–water partition coefficient (Wildman–Crippen LogP) is 4.48. The van der Waals surface area contributed by atoms with Crippen LogP contribution in [0.25, 0.3) is 0 Å². The Morgan fingerprint density at radius 1 is 1.21 bits per heavy atom. The second-order valence-electron chi connectivity index (χ2n) is 4.31. The van der Waals surface area contributed by atoms with Crippen molar-refractivity contribution in [2.24, 2.45) is 0 Å². The predicted molar refractivity (Wildman–Crippen MR) is 84.2 cm³/mol. The minimum atomic E-state index is 0.625. The van der Waals surface area contributed by atoms with Crippen molar-refractivity contribution in [3.8, 4) is 5.75 Å². The molecule has 2 aromatic rings. The Bertz CT molecular complexity index is 584. The molecule has 100 valence electrons. The van der Waals surface area contributed by atoms with Gasteiger partial charge in [0.2, 0.25) is 0 Å². The van der Waals surface area contributed by atoms with Crippen molar-refractivity contribution < 1.29 is 4.74 Å². The monoisotopic (exact) mass is 320 g/mol. The van der Waals surface area contributed by atoms with Crippen LogP contribution in [0.1, 0.15) is 12.5 Å². The minimum absolute atomic E-state index is 0.625. The highest BCUT2D eigenvalue weighted by Gasteiger charge is 2.03. The first-order valence-electron chi connectivity index (χ1n) is 6.15. The van der Waals surface area contributed by atoms with Gasteiger partial charge in [-0.2, -0.15) is 0 Å². The zero-order valence-electron chi connectivity index (χ0n) is 11.0. The van der Waals surface area contributed by atoms with Crippen molar-refractivity contribution in [3.63, 3.8) is 0 Å². The lowest BCUT2D eigenvalue weighted by atomic mass is 10.2. The molecule has 0 spiro atoms. The molecule has 0 aliphatic carbocycles. The lowest BCUT2D eigenvalue weighted by molar-refractivity contribution is 0.340. The smallest absolute Gasteiger partial charge is 0.123 e. The Hall–Kier alpha value is -1.68. The van der Waals surface area contributed by atoms with E-state index in [1.807, 2.05) is 37.3 Å². The molecule has 0 bridgehead atoms. The zero-order chi connectivity index (χ0) is 13.8. The van der Waals surface area contributed by atoms with Gasteiger partial charge in [-0.15, -0.1) is 0 Å². The molecule has 19 heavy (non-hydrogen) atoms. The van der Waals surface area contributed by atoms with Crippen LogP contribution in [0, 0.1) is 6.92 Å². The fourth-order valence-electron chi connectivity index (χ4n) is 1.87. The maximum Gasteiger partial charge on any atom is 0.123 e. The lowest BCUT2D eigenvalue weighted by Crippen LogP contribution is -1.97. The molecule has 2 rings (SSSR count). The fraction of sp³-hybridized carbons (Fsp3) is 0.200. The number of nitrogen functional groups attached to an aromatic ring is 1. The average Bonchev–Trinajstić information content (AvgIpc) is 2.32. The quantitative estimate of drug-likeness (QED) is 0.816. The van der Waals surface area contributed by atoms with Gasteiger partial charge in [0, 0.05) is 33.7 Å². The van der Waals surface area contributed by atoms with E-state index < -0.39 is 0 Å². The summed E-state index contributed by atoms with van der Waals surface area (Å²) in [6.45, 7) is 4.64. The van der Waals surface area contributed by atoms with Crippen molar-refractivity contribution in [1.82, 2.24) is 0 Å². The number of benzene rings is 2. The summed E-state index contributed by atoms with van der Waals surface area (Å²) in [6, 6.07) is 11.8. The van der Waals surface area contributed by atoms with Crippen LogP contribution >= 0.6 is 15.9 Å². The third-order valence-electron chi connectivity index (χ3n) is 2.71. The molecule has 0 saturated heterocycles. The van der Waals surface area contributed by atoms with Gasteiger partial charge in [-0.25, -0.2) is 0 Å². The second kappa shape index (κ2) is 5.97. The number of nitrogens with one attached hydrogen (secondary N) is 1. The number of hydrogen-bond donors (Lipinski definition) is 2. The second-order valence-corrected chi connectivity index (χ2v) is 5.22. The highest BCUT2D eigenvalue weighted by Crippen LogP contribution is 2.28. The van der Waals surface area contributed by atoms with E-state index in [2.05, 4.69) is 34.2 Å². The summed E-state index contributed by atoms with van der Waals surface area (Å²) in [6.07, 6.45) is 0. The number of halogens is 1. The topological polar surface area (TPSA) is 47.3 Å². The summed E-state index contributed by atoms with van der Waals surface area (Å²) in [5.74, 6) is 0.778. The minimum Gasteiger partial charge on any atom is -0.494 e. The number of anilines is 3.